The first kappa shape index (κ1) is 38.9. The number of hydrogen-bond acceptors (Lipinski definition) is 12. The van der Waals surface area contributed by atoms with Crippen molar-refractivity contribution in [2.75, 3.05) is 67.6 Å². The van der Waals surface area contributed by atoms with Crippen LogP contribution in [0.1, 0.15) is 44.3 Å². The van der Waals surface area contributed by atoms with Crippen molar-refractivity contribution < 1.29 is 17.9 Å². The molecule has 2 unspecified atom stereocenters. The van der Waals surface area contributed by atoms with E-state index in [0.29, 0.717) is 49.6 Å². The second kappa shape index (κ2) is 15.5. The molecule has 0 bridgehead atoms. The van der Waals surface area contributed by atoms with Gasteiger partial charge < -0.3 is 24.3 Å². The number of hydrogen-bond donors (Lipinski definition) is 1. The van der Waals surface area contributed by atoms with E-state index in [-0.39, 0.29) is 12.1 Å². The van der Waals surface area contributed by atoms with Crippen molar-refractivity contribution >= 4 is 64.5 Å². The number of aryl methyl sites for hydroxylation is 1. The van der Waals surface area contributed by atoms with Crippen LogP contribution in [0.25, 0.3) is 39.1 Å². The fraction of sp³-hybridized carbons (Fsp3) is 0.415. The maximum absolute atomic E-state index is 15.1. The molecule has 2 aliphatic heterocycles. The van der Waals surface area contributed by atoms with Gasteiger partial charge in [-0.15, -0.1) is 0 Å². The van der Waals surface area contributed by atoms with Gasteiger partial charge in [0.1, 0.15) is 17.3 Å². The number of aromatic amines is 1. The molecule has 300 valence electrons. The number of nitrogens with one attached hydrogen (secondary N) is 1. The highest BCUT2D eigenvalue weighted by atomic mass is 32.2. The van der Waals surface area contributed by atoms with Gasteiger partial charge in [-0.3, -0.25) is 4.57 Å². The molecule has 5 aromatic heterocycles. The second-order valence-electron chi connectivity index (χ2n) is 15.2. The van der Waals surface area contributed by atoms with Crippen LogP contribution in [0.5, 0.6) is 0 Å². The summed E-state index contributed by atoms with van der Waals surface area (Å²) >= 11 is 0. The molecule has 2 saturated heterocycles. The lowest BCUT2D eigenvalue weighted by Crippen LogP contribution is -2.43. The normalized spacial score (nSPS) is 19.5. The number of anilines is 2. The lowest BCUT2D eigenvalue weighted by atomic mass is 10.1. The van der Waals surface area contributed by atoms with Crippen LogP contribution in [0.2, 0.25) is 0 Å². The van der Waals surface area contributed by atoms with Gasteiger partial charge in [-0.25, -0.2) is 28.4 Å². The minimum atomic E-state index is -2.88. The molecule has 0 saturated carbocycles. The Morgan fingerprint density at radius 3 is 2.23 bits per heavy atom. The quantitative estimate of drug-likeness (QED) is 0.157. The van der Waals surface area contributed by atoms with Crippen molar-refractivity contribution in [1.82, 2.24) is 29.5 Å². The number of aromatic nitrogens is 6. The van der Waals surface area contributed by atoms with Gasteiger partial charge in [-0.2, -0.15) is 8.73 Å². The molecule has 4 atom stereocenters. The molecule has 0 aliphatic carbocycles. The van der Waals surface area contributed by atoms with E-state index >= 15 is 4.21 Å². The smallest absolute Gasteiger partial charge is 0.165 e. The topological polar surface area (TPSA) is 156 Å². The molecule has 57 heavy (non-hydrogen) atoms. The molecule has 2 aliphatic rings. The fourth-order valence-corrected chi connectivity index (χ4v) is 10.1. The number of nitrogens with zero attached hydrogens (tertiary/aromatic N) is 9. The van der Waals surface area contributed by atoms with Crippen LogP contribution in [-0.2, 0) is 28.9 Å². The summed E-state index contributed by atoms with van der Waals surface area (Å²) in [5.41, 5.74) is 6.77. The Labute approximate surface area is 334 Å². The molecular formula is C41H50N10O4S2. The SMILES string of the molecule is CCS(=O)(=Nc1cc(N2CCOC[C@H]2C)cc(-c2ccnc3[nH]ccc23)n1)C(C)c1ccc2c(c1)nc(C)n2-c1cc(N2CCOC[C@H]2C)cc(N=S(C)(C)=O)n1. The highest BCUT2D eigenvalue weighted by Gasteiger charge is 2.26. The van der Waals surface area contributed by atoms with Gasteiger partial charge in [-0.1, -0.05) is 13.0 Å². The van der Waals surface area contributed by atoms with E-state index in [2.05, 4.69) is 44.0 Å². The number of pyridine rings is 3. The van der Waals surface area contributed by atoms with Gasteiger partial charge in [0, 0.05) is 106 Å². The van der Waals surface area contributed by atoms with Gasteiger partial charge in [0.2, 0.25) is 0 Å². The number of ether oxygens (including phenoxy) is 2. The molecule has 0 spiro atoms. The minimum Gasteiger partial charge on any atom is -0.377 e. The van der Waals surface area contributed by atoms with Gasteiger partial charge in [0.05, 0.1) is 58.1 Å². The Bertz CT molecular complexity index is 2720. The minimum absolute atomic E-state index is 0.149. The summed E-state index contributed by atoms with van der Waals surface area (Å²) in [4.78, 5) is 27.1. The Hall–Kier alpha value is -4.90. The third-order valence-electron chi connectivity index (χ3n) is 10.8. The molecule has 2 fully saturated rings. The van der Waals surface area contributed by atoms with E-state index < -0.39 is 24.7 Å². The van der Waals surface area contributed by atoms with E-state index in [1.165, 1.54) is 0 Å². The molecule has 16 heteroatoms. The number of fused-ring (bicyclic) bond motifs is 2. The van der Waals surface area contributed by atoms with E-state index in [0.717, 1.165) is 69.2 Å². The summed E-state index contributed by atoms with van der Waals surface area (Å²) in [5.74, 6) is 2.51. The zero-order valence-corrected chi connectivity index (χ0v) is 35.1. The zero-order chi connectivity index (χ0) is 40.1. The highest BCUT2D eigenvalue weighted by Crippen LogP contribution is 2.36. The maximum atomic E-state index is 15.1. The summed E-state index contributed by atoms with van der Waals surface area (Å²) in [6.45, 7) is 14.0. The average molecular weight is 811 g/mol. The first-order valence-corrected chi connectivity index (χ1v) is 23.4. The third-order valence-corrected chi connectivity index (χ3v) is 14.1. The predicted octanol–water partition coefficient (Wildman–Crippen LogP) is 7.36. The molecule has 8 rings (SSSR count). The number of H-pyrrole nitrogens is 1. The Morgan fingerprint density at radius 1 is 0.877 bits per heavy atom. The Kier molecular flexibility index (Phi) is 10.6. The van der Waals surface area contributed by atoms with Crippen LogP contribution < -0.4 is 9.80 Å². The van der Waals surface area contributed by atoms with Crippen molar-refractivity contribution in [3.05, 3.63) is 78.4 Å². The van der Waals surface area contributed by atoms with Crippen molar-refractivity contribution in [1.29, 1.82) is 0 Å². The summed E-state index contributed by atoms with van der Waals surface area (Å²) in [5, 5.41) is 0.511. The predicted molar refractivity (Wildman–Crippen MR) is 229 cm³/mol. The largest absolute Gasteiger partial charge is 0.377 e. The lowest BCUT2D eigenvalue weighted by Gasteiger charge is -2.35. The molecule has 0 amide bonds. The highest BCUT2D eigenvalue weighted by molar-refractivity contribution is 7.94. The van der Waals surface area contributed by atoms with Gasteiger partial charge >= 0.3 is 0 Å². The number of benzene rings is 1. The lowest BCUT2D eigenvalue weighted by molar-refractivity contribution is 0.0989. The van der Waals surface area contributed by atoms with Crippen LogP contribution in [-0.4, -0.2) is 108 Å². The van der Waals surface area contributed by atoms with Gasteiger partial charge in [-0.05, 0) is 63.6 Å². The van der Waals surface area contributed by atoms with Crippen molar-refractivity contribution in [3.63, 3.8) is 0 Å². The van der Waals surface area contributed by atoms with Crippen LogP contribution in [0, 0.1) is 6.92 Å². The van der Waals surface area contributed by atoms with E-state index in [1.807, 2.05) is 80.1 Å². The van der Waals surface area contributed by atoms with Crippen LogP contribution in [0.15, 0.2) is 75.7 Å². The number of imidazole rings is 1. The maximum Gasteiger partial charge on any atom is 0.165 e. The van der Waals surface area contributed by atoms with E-state index in [4.69, 9.17) is 28.8 Å². The van der Waals surface area contributed by atoms with Gasteiger partial charge in [0.15, 0.2) is 11.6 Å². The Balaban J connectivity index is 1.20. The number of morpholine rings is 2. The Morgan fingerprint density at radius 2 is 1.56 bits per heavy atom. The van der Waals surface area contributed by atoms with Crippen LogP contribution in [0.4, 0.5) is 23.0 Å². The standard InChI is InChI=1S/C41H50N10O4S2/c1-8-57(53,48-38-21-31(49-15-17-54-24-26(49)2)20-35(45-38)33-11-13-42-41-34(33)12-14-43-41)28(4)30-9-10-37-36(19-30)44-29(5)51(37)40-23-32(50-16-18-55-25-27(50)3)22-39(46-40)47-56(6,7)52/h9-14,19-23,26-28H,8,15-18,24-25H2,1-7H3,(H,42,43)/t26-,27-,28?,57?/m1/s1. The molecule has 7 heterocycles. The molecular weight excluding hydrogens is 761 g/mol. The van der Waals surface area contributed by atoms with E-state index in [9.17, 15) is 4.21 Å². The van der Waals surface area contributed by atoms with Crippen LogP contribution >= 0.6 is 0 Å². The molecule has 14 nitrogen and oxygen atoms in total. The first-order chi connectivity index (χ1) is 27.3. The monoisotopic (exact) mass is 810 g/mol. The first-order valence-electron chi connectivity index (χ1n) is 19.4. The third kappa shape index (κ3) is 7.87. The van der Waals surface area contributed by atoms with Crippen molar-refractivity contribution in [3.8, 4) is 17.1 Å². The molecule has 6 aromatic rings. The van der Waals surface area contributed by atoms with Crippen molar-refractivity contribution in [2.24, 2.45) is 8.73 Å². The van der Waals surface area contributed by atoms with Crippen molar-refractivity contribution in [2.45, 2.75) is 52.0 Å². The zero-order valence-electron chi connectivity index (χ0n) is 33.5. The van der Waals surface area contributed by atoms with Gasteiger partial charge in [0.25, 0.3) is 0 Å². The average Bonchev–Trinajstić information content (AvgIpc) is 3.80. The van der Waals surface area contributed by atoms with E-state index in [1.54, 1.807) is 18.7 Å². The summed E-state index contributed by atoms with van der Waals surface area (Å²) in [7, 11) is -5.35. The fourth-order valence-electron chi connectivity index (χ4n) is 7.82. The summed E-state index contributed by atoms with van der Waals surface area (Å²) < 4.78 is 50.8. The summed E-state index contributed by atoms with van der Waals surface area (Å²) in [6.07, 6.45) is 6.86. The molecule has 1 aromatic carbocycles. The number of rotatable bonds is 9. The summed E-state index contributed by atoms with van der Waals surface area (Å²) in [6, 6.07) is 18.2. The van der Waals surface area contributed by atoms with Crippen LogP contribution in [0.3, 0.4) is 0 Å². The molecule has 0 radical (unpaired) electrons. The molecule has 1 N–H and O–H groups in total. The second-order valence-corrected chi connectivity index (χ2v) is 20.6.